The lowest BCUT2D eigenvalue weighted by atomic mass is 10.4. The lowest BCUT2D eigenvalue weighted by Crippen LogP contribution is -2.07. The van der Waals surface area contributed by atoms with E-state index in [-0.39, 0.29) is 0 Å². The van der Waals surface area contributed by atoms with E-state index in [2.05, 4.69) is 20.1 Å². The molecule has 0 saturated heterocycles. The Hall–Kier alpha value is -1.53. The van der Waals surface area contributed by atoms with E-state index in [1.807, 2.05) is 25.3 Å². The third-order valence-electron chi connectivity index (χ3n) is 2.58. The zero-order valence-corrected chi connectivity index (χ0v) is 11.5. The first-order valence-corrected chi connectivity index (χ1v) is 6.67. The molecular weight excluding hydrogens is 270 g/mol. The summed E-state index contributed by atoms with van der Waals surface area (Å²) in [5.74, 6) is 2.25. The fourth-order valence-electron chi connectivity index (χ4n) is 1.78. The highest BCUT2D eigenvalue weighted by molar-refractivity contribution is 7.16. The van der Waals surface area contributed by atoms with E-state index in [1.165, 1.54) is 0 Å². The predicted octanol–water partition coefficient (Wildman–Crippen LogP) is 2.60. The Kier molecular flexibility index (Phi) is 2.76. The monoisotopic (exact) mass is 279 g/mol. The Morgan fingerprint density at radius 3 is 2.83 bits per heavy atom. The van der Waals surface area contributed by atoms with E-state index in [4.69, 9.17) is 11.6 Å². The van der Waals surface area contributed by atoms with Crippen LogP contribution in [-0.4, -0.2) is 24.7 Å². The van der Waals surface area contributed by atoms with Crippen molar-refractivity contribution in [2.24, 2.45) is 0 Å². The van der Waals surface area contributed by atoms with E-state index < -0.39 is 0 Å². The number of nitrogens with zero attached hydrogens (tertiary/aromatic N) is 5. The van der Waals surface area contributed by atoms with Gasteiger partial charge in [-0.2, -0.15) is 5.10 Å². The summed E-state index contributed by atoms with van der Waals surface area (Å²) < 4.78 is 1.78. The van der Waals surface area contributed by atoms with Crippen LogP contribution >= 0.6 is 22.9 Å². The lowest BCUT2D eigenvalue weighted by Gasteiger charge is -2.03. The van der Waals surface area contributed by atoms with Crippen LogP contribution in [0.3, 0.4) is 0 Å². The van der Waals surface area contributed by atoms with Crippen molar-refractivity contribution in [2.75, 3.05) is 0 Å². The largest absolute Gasteiger partial charge is 0.242 e. The summed E-state index contributed by atoms with van der Waals surface area (Å²) in [6.07, 6.45) is 0. The summed E-state index contributed by atoms with van der Waals surface area (Å²) in [7, 11) is 0. The molecule has 3 rings (SSSR count). The van der Waals surface area contributed by atoms with E-state index in [0.717, 1.165) is 21.9 Å². The van der Waals surface area contributed by atoms with Crippen molar-refractivity contribution in [3.05, 3.63) is 34.1 Å². The van der Waals surface area contributed by atoms with E-state index >= 15 is 0 Å². The molecule has 0 atom stereocenters. The molecule has 3 aromatic rings. The normalized spacial score (nSPS) is 11.3. The fourth-order valence-corrected chi connectivity index (χ4v) is 2.87. The van der Waals surface area contributed by atoms with Crippen LogP contribution in [0.1, 0.15) is 17.5 Å². The first-order chi connectivity index (χ1) is 8.63. The Morgan fingerprint density at radius 1 is 1.28 bits per heavy atom. The first-order valence-electron chi connectivity index (χ1n) is 5.41. The summed E-state index contributed by atoms with van der Waals surface area (Å²) in [5, 5.41) is 7.64. The molecule has 92 valence electrons. The number of hydrogen-bond donors (Lipinski definition) is 0. The van der Waals surface area contributed by atoms with Crippen molar-refractivity contribution < 1.29 is 0 Å². The molecule has 5 nitrogen and oxygen atoms in total. The van der Waals surface area contributed by atoms with E-state index in [0.29, 0.717) is 17.5 Å². The summed E-state index contributed by atoms with van der Waals surface area (Å²) in [6, 6.07) is 1.93. The Balaban J connectivity index is 2.02. The Labute approximate surface area is 112 Å². The number of fused-ring (bicyclic) bond motifs is 1. The molecular formula is C11H10ClN5S. The van der Waals surface area contributed by atoms with Crippen LogP contribution in [0.2, 0.25) is 5.15 Å². The van der Waals surface area contributed by atoms with Gasteiger partial charge in [-0.15, -0.1) is 11.3 Å². The maximum Gasteiger partial charge on any atom is 0.153 e. The van der Waals surface area contributed by atoms with Crippen LogP contribution in [-0.2, 0) is 6.54 Å². The molecule has 0 aliphatic carbocycles. The van der Waals surface area contributed by atoms with Crippen molar-refractivity contribution in [3.63, 3.8) is 0 Å². The second kappa shape index (κ2) is 4.29. The first kappa shape index (κ1) is 11.6. The van der Waals surface area contributed by atoms with E-state index in [9.17, 15) is 0 Å². The van der Waals surface area contributed by atoms with Gasteiger partial charge >= 0.3 is 0 Å². The Morgan fingerprint density at radius 2 is 2.11 bits per heavy atom. The minimum absolute atomic E-state index is 0.486. The summed E-state index contributed by atoms with van der Waals surface area (Å²) in [6.45, 7) is 4.26. The van der Waals surface area contributed by atoms with Crippen LogP contribution in [0.15, 0.2) is 11.4 Å². The van der Waals surface area contributed by atoms with Gasteiger partial charge in [0.2, 0.25) is 0 Å². The molecule has 0 N–H and O–H groups in total. The van der Waals surface area contributed by atoms with Crippen LogP contribution in [0.4, 0.5) is 0 Å². The second-order valence-electron chi connectivity index (χ2n) is 3.93. The number of halogens is 1. The Bertz CT molecular complexity index is 717. The molecule has 18 heavy (non-hydrogen) atoms. The third-order valence-corrected chi connectivity index (χ3v) is 3.67. The topological polar surface area (TPSA) is 56.5 Å². The number of aromatic nitrogens is 5. The van der Waals surface area contributed by atoms with Crippen LogP contribution in [0.25, 0.3) is 10.2 Å². The molecule has 0 fully saturated rings. The molecule has 0 aliphatic heterocycles. The molecule has 7 heteroatoms. The highest BCUT2D eigenvalue weighted by Crippen LogP contribution is 2.24. The summed E-state index contributed by atoms with van der Waals surface area (Å²) in [5.41, 5.74) is 0. The van der Waals surface area contributed by atoms with Gasteiger partial charge in [-0.05, 0) is 25.3 Å². The van der Waals surface area contributed by atoms with Gasteiger partial charge in [-0.1, -0.05) is 11.6 Å². The third kappa shape index (κ3) is 1.97. The number of aryl methyl sites for hydroxylation is 2. The van der Waals surface area contributed by atoms with Gasteiger partial charge in [0.15, 0.2) is 5.82 Å². The minimum atomic E-state index is 0.486. The van der Waals surface area contributed by atoms with Gasteiger partial charge in [0.1, 0.15) is 28.2 Å². The van der Waals surface area contributed by atoms with Crippen molar-refractivity contribution in [2.45, 2.75) is 20.4 Å². The molecule has 0 radical (unpaired) electrons. The quantitative estimate of drug-likeness (QED) is 0.677. The predicted molar refractivity (Wildman–Crippen MR) is 71.0 cm³/mol. The van der Waals surface area contributed by atoms with Crippen LogP contribution in [0, 0.1) is 13.8 Å². The SMILES string of the molecule is Cc1nc(C)n(Cc2nc(Cl)c3ccsc3n2)n1. The highest BCUT2D eigenvalue weighted by Gasteiger charge is 2.09. The molecule has 0 amide bonds. The molecule has 3 aromatic heterocycles. The average molecular weight is 280 g/mol. The molecule has 0 saturated carbocycles. The summed E-state index contributed by atoms with van der Waals surface area (Å²) >= 11 is 7.68. The molecule has 3 heterocycles. The summed E-state index contributed by atoms with van der Waals surface area (Å²) in [4.78, 5) is 13.9. The molecule has 0 spiro atoms. The second-order valence-corrected chi connectivity index (χ2v) is 5.19. The van der Waals surface area contributed by atoms with Crippen molar-refractivity contribution in [1.29, 1.82) is 0 Å². The molecule has 0 aromatic carbocycles. The maximum atomic E-state index is 6.13. The van der Waals surface area contributed by atoms with Gasteiger partial charge in [0.05, 0.1) is 0 Å². The molecule has 0 aliphatic rings. The highest BCUT2D eigenvalue weighted by atomic mass is 35.5. The van der Waals surface area contributed by atoms with Gasteiger partial charge in [0.25, 0.3) is 0 Å². The average Bonchev–Trinajstić information content (AvgIpc) is 2.86. The number of thiophene rings is 1. The maximum absolute atomic E-state index is 6.13. The van der Waals surface area contributed by atoms with Crippen LogP contribution in [0.5, 0.6) is 0 Å². The van der Waals surface area contributed by atoms with Gasteiger partial charge in [-0.3, -0.25) is 0 Å². The van der Waals surface area contributed by atoms with Crippen molar-refractivity contribution >= 4 is 33.2 Å². The van der Waals surface area contributed by atoms with Gasteiger partial charge in [0, 0.05) is 5.39 Å². The smallest absolute Gasteiger partial charge is 0.153 e. The zero-order chi connectivity index (χ0) is 12.7. The molecule has 0 bridgehead atoms. The van der Waals surface area contributed by atoms with Crippen LogP contribution < -0.4 is 0 Å². The standard InChI is InChI=1S/C11H10ClN5S/c1-6-13-7(2)17(16-6)5-9-14-10(12)8-3-4-18-11(8)15-9/h3-4H,5H2,1-2H3. The van der Waals surface area contributed by atoms with Crippen molar-refractivity contribution in [1.82, 2.24) is 24.7 Å². The number of rotatable bonds is 2. The lowest BCUT2D eigenvalue weighted by molar-refractivity contribution is 0.632. The molecule has 0 unspecified atom stereocenters. The minimum Gasteiger partial charge on any atom is -0.242 e. The van der Waals surface area contributed by atoms with E-state index in [1.54, 1.807) is 16.0 Å². The van der Waals surface area contributed by atoms with Gasteiger partial charge < -0.3 is 0 Å². The van der Waals surface area contributed by atoms with Gasteiger partial charge in [-0.25, -0.2) is 19.6 Å². The number of hydrogen-bond acceptors (Lipinski definition) is 5. The van der Waals surface area contributed by atoms with Crippen molar-refractivity contribution in [3.8, 4) is 0 Å². The fraction of sp³-hybridized carbons (Fsp3) is 0.273. The zero-order valence-electron chi connectivity index (χ0n) is 9.88.